The van der Waals surface area contributed by atoms with Crippen LogP contribution >= 0.6 is 11.9 Å². The molecule has 0 saturated carbocycles. The first-order valence-corrected chi connectivity index (χ1v) is 14.2. The smallest absolute Gasteiger partial charge is 0.220 e. The Morgan fingerprint density at radius 1 is 1.03 bits per heavy atom. The molecular formula is C29H43N5OS. The maximum Gasteiger partial charge on any atom is 0.220 e. The molecule has 2 aliphatic heterocycles. The molecule has 0 radical (unpaired) electrons. The fourth-order valence-electron chi connectivity index (χ4n) is 5.37. The van der Waals surface area contributed by atoms with Gasteiger partial charge in [0.15, 0.2) is 0 Å². The van der Waals surface area contributed by atoms with Crippen molar-refractivity contribution >= 4 is 23.5 Å². The summed E-state index contributed by atoms with van der Waals surface area (Å²) in [5.74, 6) is 0.680. The lowest BCUT2D eigenvalue weighted by Gasteiger charge is -2.33. The highest BCUT2D eigenvalue weighted by Crippen LogP contribution is 2.34. The number of anilines is 1. The van der Waals surface area contributed by atoms with E-state index in [9.17, 15) is 4.79 Å². The van der Waals surface area contributed by atoms with E-state index >= 15 is 0 Å². The van der Waals surface area contributed by atoms with Crippen LogP contribution in [-0.2, 0) is 17.8 Å². The van der Waals surface area contributed by atoms with Crippen molar-refractivity contribution in [1.29, 1.82) is 0 Å². The van der Waals surface area contributed by atoms with Gasteiger partial charge in [0.05, 0.1) is 0 Å². The molecule has 2 aliphatic rings. The first-order chi connectivity index (χ1) is 17.5. The molecule has 2 saturated heterocycles. The maximum atomic E-state index is 11.7. The number of rotatable bonds is 9. The van der Waals surface area contributed by atoms with Crippen LogP contribution in [0.25, 0.3) is 0 Å². The molecule has 36 heavy (non-hydrogen) atoms. The molecule has 2 heterocycles. The van der Waals surface area contributed by atoms with Gasteiger partial charge >= 0.3 is 0 Å². The van der Waals surface area contributed by atoms with Gasteiger partial charge in [0.25, 0.3) is 0 Å². The zero-order chi connectivity index (χ0) is 25.5. The Morgan fingerprint density at radius 3 is 2.47 bits per heavy atom. The monoisotopic (exact) mass is 509 g/mol. The predicted molar refractivity (Wildman–Crippen MR) is 151 cm³/mol. The summed E-state index contributed by atoms with van der Waals surface area (Å²) >= 11 is 1.91. The Kier molecular flexibility index (Phi) is 9.71. The molecule has 4 N–H and O–H groups in total. The van der Waals surface area contributed by atoms with Crippen molar-refractivity contribution in [3.8, 4) is 0 Å². The molecule has 0 spiro atoms. The molecule has 2 fully saturated rings. The number of benzene rings is 2. The number of nitrogens with one attached hydrogen (secondary N) is 2. The Bertz CT molecular complexity index is 1010. The van der Waals surface area contributed by atoms with Gasteiger partial charge in [-0.2, -0.15) is 0 Å². The summed E-state index contributed by atoms with van der Waals surface area (Å²) in [6, 6.07) is 13.9. The summed E-state index contributed by atoms with van der Waals surface area (Å²) in [4.78, 5) is 15.7. The minimum atomic E-state index is 0.0871. The summed E-state index contributed by atoms with van der Waals surface area (Å²) in [6.45, 7) is 7.71. The fraction of sp³-hybridized carbons (Fsp3) is 0.552. The number of aryl methyl sites for hydroxylation is 1. The Balaban J connectivity index is 1.32. The standard InChI is InChI=1S/C29H43N5OS/c1-21-25(5-4-6-28(21)36-34-17-13-26(30)14-18-34)20-33-15-11-22(12-16-33)24-8-7-23(27(19-24)31-2)9-10-29(35)32-3/h4-8,19,22,26,31H,9-18,20,30H2,1-3H3,(H,32,35). The summed E-state index contributed by atoms with van der Waals surface area (Å²) < 4.78 is 2.48. The highest BCUT2D eigenvalue weighted by Gasteiger charge is 2.23. The van der Waals surface area contributed by atoms with Crippen molar-refractivity contribution in [2.75, 3.05) is 45.6 Å². The van der Waals surface area contributed by atoms with Gasteiger partial charge in [-0.25, -0.2) is 4.31 Å². The van der Waals surface area contributed by atoms with Crippen molar-refractivity contribution in [1.82, 2.24) is 14.5 Å². The van der Waals surface area contributed by atoms with Crippen LogP contribution < -0.4 is 16.4 Å². The minimum absolute atomic E-state index is 0.0871. The second-order valence-electron chi connectivity index (χ2n) is 10.3. The number of nitrogens with zero attached hydrogens (tertiary/aromatic N) is 2. The average molecular weight is 510 g/mol. The van der Waals surface area contributed by atoms with Gasteiger partial charge in [-0.05, 0) is 104 Å². The molecule has 2 aromatic carbocycles. The molecule has 196 valence electrons. The number of carbonyl (C=O) groups is 1. The van der Waals surface area contributed by atoms with E-state index in [1.54, 1.807) is 7.05 Å². The van der Waals surface area contributed by atoms with Gasteiger partial charge in [0, 0.05) is 56.8 Å². The van der Waals surface area contributed by atoms with Crippen molar-refractivity contribution in [3.63, 3.8) is 0 Å². The lowest BCUT2D eigenvalue weighted by molar-refractivity contribution is -0.120. The molecule has 0 aliphatic carbocycles. The van der Waals surface area contributed by atoms with Gasteiger partial charge in [0.1, 0.15) is 0 Å². The van der Waals surface area contributed by atoms with E-state index in [0.29, 0.717) is 18.4 Å². The van der Waals surface area contributed by atoms with E-state index in [-0.39, 0.29) is 5.91 Å². The number of amides is 1. The lowest BCUT2D eigenvalue weighted by atomic mass is 9.88. The molecule has 7 heteroatoms. The van der Waals surface area contributed by atoms with E-state index in [0.717, 1.165) is 57.7 Å². The van der Waals surface area contributed by atoms with Crippen molar-refractivity contribution in [2.24, 2.45) is 5.73 Å². The van der Waals surface area contributed by atoms with Crippen LogP contribution in [0.3, 0.4) is 0 Å². The molecular weight excluding hydrogens is 466 g/mol. The minimum Gasteiger partial charge on any atom is -0.388 e. The third kappa shape index (κ3) is 7.03. The summed E-state index contributed by atoms with van der Waals surface area (Å²) in [5, 5.41) is 6.06. The highest BCUT2D eigenvalue weighted by molar-refractivity contribution is 7.97. The molecule has 1 amide bonds. The second-order valence-corrected chi connectivity index (χ2v) is 11.4. The van der Waals surface area contributed by atoms with E-state index in [1.165, 1.54) is 40.0 Å². The summed E-state index contributed by atoms with van der Waals surface area (Å²) in [5.41, 5.74) is 12.7. The zero-order valence-corrected chi connectivity index (χ0v) is 23.0. The molecule has 0 aromatic heterocycles. The number of likely N-dealkylation sites (tertiary alicyclic amines) is 1. The SMILES string of the molecule is CNC(=O)CCc1ccc(C2CCN(Cc3cccc(SN4CCC(N)CC4)c3C)CC2)cc1NC. The number of piperidine rings is 2. The molecule has 0 atom stereocenters. The lowest BCUT2D eigenvalue weighted by Crippen LogP contribution is -2.36. The number of carbonyl (C=O) groups excluding carboxylic acids is 1. The molecule has 0 bridgehead atoms. The van der Waals surface area contributed by atoms with Crippen LogP contribution in [0.15, 0.2) is 41.3 Å². The van der Waals surface area contributed by atoms with Crippen LogP contribution in [-0.4, -0.2) is 61.4 Å². The van der Waals surface area contributed by atoms with Crippen LogP contribution in [0.1, 0.15) is 60.3 Å². The van der Waals surface area contributed by atoms with Crippen LogP contribution in [0.5, 0.6) is 0 Å². The van der Waals surface area contributed by atoms with E-state index in [2.05, 4.69) is 63.2 Å². The van der Waals surface area contributed by atoms with E-state index in [4.69, 9.17) is 5.73 Å². The number of nitrogens with two attached hydrogens (primary N) is 1. The van der Waals surface area contributed by atoms with Crippen molar-refractivity contribution in [3.05, 3.63) is 58.7 Å². The maximum absolute atomic E-state index is 11.7. The molecule has 4 rings (SSSR count). The molecule has 2 aromatic rings. The van der Waals surface area contributed by atoms with E-state index in [1.807, 2.05) is 19.0 Å². The Labute approximate surface area is 221 Å². The first kappa shape index (κ1) is 27.0. The second kappa shape index (κ2) is 13.0. The number of hydrogen-bond acceptors (Lipinski definition) is 6. The third-order valence-corrected chi connectivity index (χ3v) is 9.14. The fourth-order valence-corrected chi connectivity index (χ4v) is 6.45. The highest BCUT2D eigenvalue weighted by atomic mass is 32.2. The quantitative estimate of drug-likeness (QED) is 0.432. The molecule has 0 unspecified atom stereocenters. The third-order valence-electron chi connectivity index (χ3n) is 7.88. The van der Waals surface area contributed by atoms with Gasteiger partial charge < -0.3 is 16.4 Å². The van der Waals surface area contributed by atoms with Gasteiger partial charge in [0.2, 0.25) is 5.91 Å². The van der Waals surface area contributed by atoms with Crippen molar-refractivity contribution < 1.29 is 4.79 Å². The Morgan fingerprint density at radius 2 is 1.78 bits per heavy atom. The van der Waals surface area contributed by atoms with Gasteiger partial charge in [-0.3, -0.25) is 9.69 Å². The summed E-state index contributed by atoms with van der Waals surface area (Å²) in [6.07, 6.45) is 5.83. The average Bonchev–Trinajstić information content (AvgIpc) is 2.91. The van der Waals surface area contributed by atoms with Gasteiger partial charge in [-0.15, -0.1) is 0 Å². The molecule has 6 nitrogen and oxygen atoms in total. The van der Waals surface area contributed by atoms with Gasteiger partial charge in [-0.1, -0.05) is 24.3 Å². The van der Waals surface area contributed by atoms with Crippen LogP contribution in [0, 0.1) is 6.92 Å². The zero-order valence-electron chi connectivity index (χ0n) is 22.2. The predicted octanol–water partition coefficient (Wildman–Crippen LogP) is 4.53. The normalized spacial score (nSPS) is 18.3. The Hall–Kier alpha value is -2.06. The van der Waals surface area contributed by atoms with Crippen LogP contribution in [0.2, 0.25) is 0 Å². The first-order valence-electron chi connectivity index (χ1n) is 13.5. The number of hydrogen-bond donors (Lipinski definition) is 3. The largest absolute Gasteiger partial charge is 0.388 e. The topological polar surface area (TPSA) is 73.6 Å². The van der Waals surface area contributed by atoms with E-state index < -0.39 is 0 Å². The van der Waals surface area contributed by atoms with Crippen molar-refractivity contribution in [2.45, 2.75) is 68.8 Å². The van der Waals surface area contributed by atoms with Crippen LogP contribution in [0.4, 0.5) is 5.69 Å². The summed E-state index contributed by atoms with van der Waals surface area (Å²) in [7, 11) is 3.67.